The maximum atomic E-state index is 4.24. The van der Waals surface area contributed by atoms with Crippen LogP contribution in [0.1, 0.15) is 18.9 Å². The molecule has 2 aromatic heterocycles. The highest BCUT2D eigenvalue weighted by atomic mass is 32.2. The first-order valence-electron chi connectivity index (χ1n) is 5.80. The standard InChI is InChI=1S/C12H15N5S/c1-3-4-13-10-5-11(17-8-16-10)18-12-14-6-9(2)7-15-12/h5-8H,3-4H2,1-2H3,(H,13,16,17). The lowest BCUT2D eigenvalue weighted by atomic mass is 10.4. The molecule has 2 heterocycles. The van der Waals surface area contributed by atoms with Crippen LogP contribution in [0.4, 0.5) is 5.82 Å². The Kier molecular flexibility index (Phi) is 4.46. The van der Waals surface area contributed by atoms with Gasteiger partial charge >= 0.3 is 0 Å². The fraction of sp³-hybridized carbons (Fsp3) is 0.333. The lowest BCUT2D eigenvalue weighted by molar-refractivity contribution is 0.934. The van der Waals surface area contributed by atoms with E-state index in [9.17, 15) is 0 Å². The summed E-state index contributed by atoms with van der Waals surface area (Å²) in [5.41, 5.74) is 1.05. The molecule has 0 radical (unpaired) electrons. The molecule has 0 aliphatic rings. The van der Waals surface area contributed by atoms with Crippen molar-refractivity contribution in [3.05, 3.63) is 30.4 Å². The van der Waals surface area contributed by atoms with Crippen LogP contribution in [0.15, 0.2) is 35.0 Å². The molecule has 2 aromatic rings. The zero-order valence-corrected chi connectivity index (χ0v) is 11.2. The van der Waals surface area contributed by atoms with Gasteiger partial charge < -0.3 is 5.32 Å². The average Bonchev–Trinajstić information content (AvgIpc) is 2.40. The number of aryl methyl sites for hydroxylation is 1. The molecule has 0 saturated heterocycles. The lowest BCUT2D eigenvalue weighted by Gasteiger charge is -2.04. The molecule has 0 unspecified atom stereocenters. The topological polar surface area (TPSA) is 63.6 Å². The van der Waals surface area contributed by atoms with E-state index in [1.165, 1.54) is 11.8 Å². The Morgan fingerprint density at radius 3 is 2.67 bits per heavy atom. The molecule has 0 amide bonds. The Morgan fingerprint density at radius 2 is 1.94 bits per heavy atom. The molecule has 2 rings (SSSR count). The van der Waals surface area contributed by atoms with Crippen LogP contribution in [0.5, 0.6) is 0 Å². The third-order valence-electron chi connectivity index (χ3n) is 2.15. The Hall–Kier alpha value is -1.69. The minimum atomic E-state index is 0.695. The minimum Gasteiger partial charge on any atom is -0.370 e. The second-order valence-electron chi connectivity index (χ2n) is 3.81. The summed E-state index contributed by atoms with van der Waals surface area (Å²) in [6.07, 6.45) is 6.21. The number of nitrogens with one attached hydrogen (secondary N) is 1. The van der Waals surface area contributed by atoms with Crippen molar-refractivity contribution in [2.45, 2.75) is 30.5 Å². The monoisotopic (exact) mass is 261 g/mol. The van der Waals surface area contributed by atoms with Gasteiger partial charge in [0, 0.05) is 25.0 Å². The van der Waals surface area contributed by atoms with Crippen LogP contribution in [-0.4, -0.2) is 26.5 Å². The molecule has 0 aliphatic carbocycles. The van der Waals surface area contributed by atoms with Crippen LogP contribution in [-0.2, 0) is 0 Å². The molecule has 0 fully saturated rings. The van der Waals surface area contributed by atoms with Crippen LogP contribution in [0.3, 0.4) is 0 Å². The molecular formula is C12H15N5S. The van der Waals surface area contributed by atoms with Gasteiger partial charge in [0.1, 0.15) is 17.2 Å². The van der Waals surface area contributed by atoms with Crippen LogP contribution in [0.25, 0.3) is 0 Å². The molecule has 6 heteroatoms. The Balaban J connectivity index is 2.06. The first kappa shape index (κ1) is 12.8. The average molecular weight is 261 g/mol. The largest absolute Gasteiger partial charge is 0.370 e. The van der Waals surface area contributed by atoms with Crippen molar-refractivity contribution in [2.75, 3.05) is 11.9 Å². The summed E-state index contributed by atoms with van der Waals surface area (Å²) in [7, 11) is 0. The highest BCUT2D eigenvalue weighted by molar-refractivity contribution is 7.99. The Morgan fingerprint density at radius 1 is 1.17 bits per heavy atom. The molecule has 1 N–H and O–H groups in total. The molecule has 18 heavy (non-hydrogen) atoms. The quantitative estimate of drug-likeness (QED) is 0.659. The first-order chi connectivity index (χ1) is 8.78. The van der Waals surface area contributed by atoms with E-state index >= 15 is 0 Å². The fourth-order valence-electron chi connectivity index (χ4n) is 1.27. The molecule has 0 saturated carbocycles. The van der Waals surface area contributed by atoms with Crippen LogP contribution in [0, 0.1) is 6.92 Å². The van der Waals surface area contributed by atoms with Gasteiger partial charge in [-0.25, -0.2) is 19.9 Å². The summed E-state index contributed by atoms with van der Waals surface area (Å²) in [5.74, 6) is 0.835. The molecule has 0 bridgehead atoms. The predicted octanol–water partition coefficient (Wildman–Crippen LogP) is 2.55. The molecule has 94 valence electrons. The predicted molar refractivity (Wildman–Crippen MR) is 71.7 cm³/mol. The summed E-state index contributed by atoms with van der Waals surface area (Å²) < 4.78 is 0. The lowest BCUT2D eigenvalue weighted by Crippen LogP contribution is -2.02. The van der Waals surface area contributed by atoms with Gasteiger partial charge in [0.15, 0.2) is 5.16 Å². The van der Waals surface area contributed by atoms with Crippen LogP contribution in [0.2, 0.25) is 0 Å². The van der Waals surface area contributed by atoms with Crippen molar-refractivity contribution < 1.29 is 0 Å². The van der Waals surface area contributed by atoms with E-state index in [-0.39, 0.29) is 0 Å². The summed E-state index contributed by atoms with van der Waals surface area (Å²) in [4.78, 5) is 16.8. The van der Waals surface area contributed by atoms with Gasteiger partial charge in [0.05, 0.1) is 0 Å². The summed E-state index contributed by atoms with van der Waals surface area (Å²) in [6, 6.07) is 1.91. The highest BCUT2D eigenvalue weighted by Crippen LogP contribution is 2.23. The maximum Gasteiger partial charge on any atom is 0.193 e. The van der Waals surface area contributed by atoms with Gasteiger partial charge in [-0.05, 0) is 30.7 Å². The van der Waals surface area contributed by atoms with Crippen molar-refractivity contribution >= 4 is 17.6 Å². The summed E-state index contributed by atoms with van der Waals surface area (Å²) in [5, 5.41) is 4.76. The van der Waals surface area contributed by atoms with Crippen LogP contribution >= 0.6 is 11.8 Å². The maximum absolute atomic E-state index is 4.24. The van der Waals surface area contributed by atoms with E-state index in [2.05, 4.69) is 32.2 Å². The first-order valence-corrected chi connectivity index (χ1v) is 6.62. The minimum absolute atomic E-state index is 0.695. The number of aromatic nitrogens is 4. The van der Waals surface area contributed by atoms with E-state index in [1.807, 2.05) is 13.0 Å². The SMILES string of the molecule is CCCNc1cc(Sc2ncc(C)cn2)ncn1. The van der Waals surface area contributed by atoms with E-state index in [0.717, 1.165) is 29.4 Å². The number of hydrogen-bond donors (Lipinski definition) is 1. The van der Waals surface area contributed by atoms with E-state index in [4.69, 9.17) is 0 Å². The normalized spacial score (nSPS) is 10.3. The Bertz CT molecular complexity index is 500. The van der Waals surface area contributed by atoms with Gasteiger partial charge in [-0.1, -0.05) is 6.92 Å². The van der Waals surface area contributed by atoms with Gasteiger partial charge in [-0.3, -0.25) is 0 Å². The second-order valence-corrected chi connectivity index (χ2v) is 4.80. The molecule has 5 nitrogen and oxygen atoms in total. The fourth-order valence-corrected chi connectivity index (χ4v) is 1.94. The second kappa shape index (κ2) is 6.30. The number of nitrogens with zero attached hydrogens (tertiary/aromatic N) is 4. The third-order valence-corrected chi connectivity index (χ3v) is 2.98. The molecule has 0 aromatic carbocycles. The number of rotatable bonds is 5. The van der Waals surface area contributed by atoms with Gasteiger partial charge in [-0.2, -0.15) is 0 Å². The van der Waals surface area contributed by atoms with E-state index < -0.39 is 0 Å². The van der Waals surface area contributed by atoms with Gasteiger partial charge in [0.25, 0.3) is 0 Å². The summed E-state index contributed by atoms with van der Waals surface area (Å²) in [6.45, 7) is 4.98. The zero-order valence-electron chi connectivity index (χ0n) is 10.4. The van der Waals surface area contributed by atoms with Crippen molar-refractivity contribution in [2.24, 2.45) is 0 Å². The van der Waals surface area contributed by atoms with Crippen molar-refractivity contribution in [1.29, 1.82) is 0 Å². The van der Waals surface area contributed by atoms with Gasteiger partial charge in [-0.15, -0.1) is 0 Å². The molecular weight excluding hydrogens is 246 g/mol. The summed E-state index contributed by atoms with van der Waals surface area (Å²) >= 11 is 1.43. The third kappa shape index (κ3) is 3.66. The van der Waals surface area contributed by atoms with Crippen molar-refractivity contribution in [1.82, 2.24) is 19.9 Å². The molecule has 0 aliphatic heterocycles. The van der Waals surface area contributed by atoms with Gasteiger partial charge in [0.2, 0.25) is 0 Å². The van der Waals surface area contributed by atoms with E-state index in [0.29, 0.717) is 5.16 Å². The number of hydrogen-bond acceptors (Lipinski definition) is 6. The number of anilines is 1. The molecule has 0 spiro atoms. The zero-order chi connectivity index (χ0) is 12.8. The van der Waals surface area contributed by atoms with E-state index in [1.54, 1.807) is 18.7 Å². The molecule has 0 atom stereocenters. The highest BCUT2D eigenvalue weighted by Gasteiger charge is 2.03. The smallest absolute Gasteiger partial charge is 0.193 e. The van der Waals surface area contributed by atoms with Crippen molar-refractivity contribution in [3.63, 3.8) is 0 Å². The van der Waals surface area contributed by atoms with Crippen molar-refractivity contribution in [3.8, 4) is 0 Å². The Labute approximate surface area is 110 Å². The van der Waals surface area contributed by atoms with Crippen LogP contribution < -0.4 is 5.32 Å².